The lowest BCUT2D eigenvalue weighted by Gasteiger charge is -2.19. The number of nitrogens with one attached hydrogen (secondary N) is 1. The van der Waals surface area contributed by atoms with E-state index in [0.717, 1.165) is 5.56 Å². The van der Waals surface area contributed by atoms with Crippen LogP contribution in [0.25, 0.3) is 0 Å². The Morgan fingerprint density at radius 2 is 1.86 bits per heavy atom. The Morgan fingerprint density at radius 3 is 2.32 bits per heavy atom. The third-order valence-electron chi connectivity index (χ3n) is 2.96. The van der Waals surface area contributed by atoms with Gasteiger partial charge < -0.3 is 4.74 Å². The van der Waals surface area contributed by atoms with Crippen LogP contribution in [0.4, 0.5) is 0 Å². The van der Waals surface area contributed by atoms with Gasteiger partial charge in [-0.1, -0.05) is 41.9 Å². The van der Waals surface area contributed by atoms with Gasteiger partial charge in [0.2, 0.25) is 10.0 Å². The number of alkyl halides is 1. The van der Waals surface area contributed by atoms with Gasteiger partial charge in [0.1, 0.15) is 6.04 Å². The van der Waals surface area contributed by atoms with Crippen LogP contribution in [-0.2, 0) is 24.9 Å². The number of esters is 1. The summed E-state index contributed by atoms with van der Waals surface area (Å²) < 4.78 is 32.2. The standard InChI is InChI=1S/C15H22BrNO4S/c1-4-21-15(18)14(9-11(2)3)17-22(19,20)13-7-5-12(10-16)6-8-13/h5-8,11,14,17H,4,9-10H2,1-3H3. The number of hydrogen-bond acceptors (Lipinski definition) is 4. The van der Waals surface area contributed by atoms with E-state index in [4.69, 9.17) is 4.74 Å². The van der Waals surface area contributed by atoms with Crippen molar-refractivity contribution in [3.63, 3.8) is 0 Å². The van der Waals surface area contributed by atoms with E-state index in [2.05, 4.69) is 20.7 Å². The predicted octanol–water partition coefficient (Wildman–Crippen LogP) is 2.84. The predicted molar refractivity (Wildman–Crippen MR) is 89.3 cm³/mol. The van der Waals surface area contributed by atoms with Crippen LogP contribution in [0.3, 0.4) is 0 Å². The molecule has 124 valence electrons. The Bertz CT molecular complexity index is 584. The Morgan fingerprint density at radius 1 is 1.27 bits per heavy atom. The van der Waals surface area contributed by atoms with Crippen LogP contribution >= 0.6 is 15.9 Å². The van der Waals surface area contributed by atoms with Gasteiger partial charge in [0.15, 0.2) is 0 Å². The molecule has 0 amide bonds. The Labute approximate surface area is 140 Å². The summed E-state index contributed by atoms with van der Waals surface area (Å²) in [4.78, 5) is 12.1. The van der Waals surface area contributed by atoms with Crippen LogP contribution in [0.5, 0.6) is 0 Å². The Hall–Kier alpha value is -0.920. The highest BCUT2D eigenvalue weighted by Crippen LogP contribution is 2.15. The maximum absolute atomic E-state index is 12.4. The Kier molecular flexibility index (Phi) is 7.52. The zero-order valence-corrected chi connectivity index (χ0v) is 15.4. The number of hydrogen-bond donors (Lipinski definition) is 1. The van der Waals surface area contributed by atoms with Crippen molar-refractivity contribution in [1.82, 2.24) is 4.72 Å². The minimum atomic E-state index is -3.76. The van der Waals surface area contributed by atoms with Gasteiger partial charge in [-0.05, 0) is 37.0 Å². The molecule has 22 heavy (non-hydrogen) atoms. The fraction of sp³-hybridized carbons (Fsp3) is 0.533. The highest BCUT2D eigenvalue weighted by Gasteiger charge is 2.27. The van der Waals surface area contributed by atoms with Crippen molar-refractivity contribution in [2.45, 2.75) is 43.5 Å². The van der Waals surface area contributed by atoms with E-state index in [9.17, 15) is 13.2 Å². The minimum absolute atomic E-state index is 0.134. The molecular formula is C15H22BrNO4S. The van der Waals surface area contributed by atoms with Gasteiger partial charge in [0, 0.05) is 5.33 Å². The van der Waals surface area contributed by atoms with Gasteiger partial charge in [0.05, 0.1) is 11.5 Å². The molecule has 1 aromatic carbocycles. The van der Waals surface area contributed by atoms with E-state index in [1.54, 1.807) is 19.1 Å². The number of carbonyl (C=O) groups is 1. The number of carbonyl (C=O) groups excluding carboxylic acids is 1. The van der Waals surface area contributed by atoms with Crippen molar-refractivity contribution in [3.05, 3.63) is 29.8 Å². The molecule has 1 aromatic rings. The van der Waals surface area contributed by atoms with Crippen molar-refractivity contribution < 1.29 is 17.9 Å². The molecule has 0 spiro atoms. The summed E-state index contributed by atoms with van der Waals surface area (Å²) in [6.07, 6.45) is 0.386. The number of rotatable bonds is 8. The van der Waals surface area contributed by atoms with Crippen LogP contribution in [0.15, 0.2) is 29.2 Å². The van der Waals surface area contributed by atoms with Crippen LogP contribution in [-0.4, -0.2) is 27.0 Å². The normalized spacial score (nSPS) is 13.1. The second-order valence-electron chi connectivity index (χ2n) is 5.33. The highest BCUT2D eigenvalue weighted by atomic mass is 79.9. The van der Waals surface area contributed by atoms with E-state index in [-0.39, 0.29) is 17.4 Å². The van der Waals surface area contributed by atoms with E-state index >= 15 is 0 Å². The van der Waals surface area contributed by atoms with E-state index in [1.165, 1.54) is 12.1 Å². The molecule has 0 aliphatic heterocycles. The van der Waals surface area contributed by atoms with Gasteiger partial charge in [-0.15, -0.1) is 0 Å². The number of benzene rings is 1. The minimum Gasteiger partial charge on any atom is -0.465 e. The molecule has 0 aromatic heterocycles. The zero-order valence-electron chi connectivity index (χ0n) is 13.0. The van der Waals surface area contributed by atoms with Crippen molar-refractivity contribution in [3.8, 4) is 0 Å². The van der Waals surface area contributed by atoms with E-state index < -0.39 is 22.0 Å². The first-order valence-corrected chi connectivity index (χ1v) is 9.74. The third-order valence-corrected chi connectivity index (χ3v) is 5.10. The lowest BCUT2D eigenvalue weighted by atomic mass is 10.1. The molecular weight excluding hydrogens is 370 g/mol. The summed E-state index contributed by atoms with van der Waals surface area (Å²) in [5.74, 6) is -0.385. The summed E-state index contributed by atoms with van der Waals surface area (Å²) >= 11 is 3.31. The van der Waals surface area contributed by atoms with Crippen LogP contribution in [0.1, 0.15) is 32.8 Å². The molecule has 0 aliphatic carbocycles. The first kappa shape index (κ1) is 19.1. The first-order valence-electron chi connectivity index (χ1n) is 7.14. The maximum atomic E-state index is 12.4. The molecule has 0 bridgehead atoms. The average molecular weight is 392 g/mol. The summed E-state index contributed by atoms with van der Waals surface area (Å²) in [5.41, 5.74) is 0.975. The quantitative estimate of drug-likeness (QED) is 0.546. The molecule has 0 radical (unpaired) electrons. The second-order valence-corrected chi connectivity index (χ2v) is 7.61. The molecule has 5 nitrogen and oxygen atoms in total. The largest absolute Gasteiger partial charge is 0.465 e. The second kappa shape index (κ2) is 8.64. The highest BCUT2D eigenvalue weighted by molar-refractivity contribution is 9.08. The molecule has 7 heteroatoms. The number of ether oxygens (including phenoxy) is 1. The fourth-order valence-electron chi connectivity index (χ4n) is 1.92. The molecule has 0 aliphatic rings. The molecule has 0 heterocycles. The van der Waals surface area contributed by atoms with Crippen LogP contribution < -0.4 is 4.72 Å². The lowest BCUT2D eigenvalue weighted by Crippen LogP contribution is -2.42. The summed E-state index contributed by atoms with van der Waals surface area (Å²) in [5, 5.41) is 0.652. The molecule has 0 saturated carbocycles. The van der Waals surface area contributed by atoms with E-state index in [0.29, 0.717) is 11.8 Å². The average Bonchev–Trinajstić information content (AvgIpc) is 2.46. The van der Waals surface area contributed by atoms with Crippen molar-refractivity contribution in [1.29, 1.82) is 0 Å². The van der Waals surface area contributed by atoms with Crippen molar-refractivity contribution in [2.24, 2.45) is 5.92 Å². The molecule has 1 rings (SSSR count). The van der Waals surface area contributed by atoms with Gasteiger partial charge in [-0.25, -0.2) is 8.42 Å². The Balaban J connectivity index is 2.95. The van der Waals surface area contributed by atoms with Gasteiger partial charge in [-0.3, -0.25) is 4.79 Å². The maximum Gasteiger partial charge on any atom is 0.324 e. The molecule has 1 atom stereocenters. The SMILES string of the molecule is CCOC(=O)C(CC(C)C)NS(=O)(=O)c1ccc(CBr)cc1. The monoisotopic (exact) mass is 391 g/mol. The van der Waals surface area contributed by atoms with E-state index in [1.807, 2.05) is 13.8 Å². The van der Waals surface area contributed by atoms with Gasteiger partial charge in [-0.2, -0.15) is 4.72 Å². The molecule has 0 fully saturated rings. The van der Waals surface area contributed by atoms with Gasteiger partial charge >= 0.3 is 5.97 Å². The summed E-state index contributed by atoms with van der Waals surface area (Å²) in [6.45, 7) is 5.75. The third kappa shape index (κ3) is 5.70. The summed E-state index contributed by atoms with van der Waals surface area (Å²) in [7, 11) is -3.76. The van der Waals surface area contributed by atoms with Crippen molar-refractivity contribution >= 4 is 31.9 Å². The fourth-order valence-corrected chi connectivity index (χ4v) is 3.49. The number of sulfonamides is 1. The van der Waals surface area contributed by atoms with Gasteiger partial charge in [0.25, 0.3) is 0 Å². The summed E-state index contributed by atoms with van der Waals surface area (Å²) in [6, 6.07) is 5.63. The van der Waals surface area contributed by atoms with Crippen molar-refractivity contribution in [2.75, 3.05) is 6.61 Å². The lowest BCUT2D eigenvalue weighted by molar-refractivity contribution is -0.145. The molecule has 0 saturated heterocycles. The molecule has 1 unspecified atom stereocenters. The smallest absolute Gasteiger partial charge is 0.324 e. The zero-order chi connectivity index (χ0) is 16.8. The topological polar surface area (TPSA) is 72.5 Å². The number of halogens is 1. The molecule has 1 N–H and O–H groups in total. The van der Waals surface area contributed by atoms with Crippen LogP contribution in [0.2, 0.25) is 0 Å². The first-order chi connectivity index (χ1) is 10.3. The van der Waals surface area contributed by atoms with Crippen LogP contribution in [0, 0.1) is 5.92 Å².